The van der Waals surface area contributed by atoms with Crippen LogP contribution in [0.4, 0.5) is 0 Å². The topological polar surface area (TPSA) is 73.9 Å². The highest BCUT2D eigenvalue weighted by Gasteiger charge is 2.26. The highest BCUT2D eigenvalue weighted by atomic mass is 16.7. The minimum absolute atomic E-state index is 0.122. The minimum atomic E-state index is -0.300. The molecule has 19 heavy (non-hydrogen) atoms. The molecule has 5 heteroatoms. The fourth-order valence-electron chi connectivity index (χ4n) is 2.08. The molecule has 1 saturated heterocycles. The zero-order valence-electron chi connectivity index (χ0n) is 11.0. The highest BCUT2D eigenvalue weighted by molar-refractivity contribution is 5.28. The van der Waals surface area contributed by atoms with Crippen molar-refractivity contribution in [2.75, 3.05) is 19.9 Å². The van der Waals surface area contributed by atoms with Crippen LogP contribution >= 0.6 is 0 Å². The van der Waals surface area contributed by atoms with Gasteiger partial charge in [-0.1, -0.05) is 12.1 Å². The van der Waals surface area contributed by atoms with E-state index in [1.165, 1.54) is 0 Å². The van der Waals surface area contributed by atoms with Gasteiger partial charge in [-0.2, -0.15) is 0 Å². The summed E-state index contributed by atoms with van der Waals surface area (Å²) < 4.78 is 16.6. The molecule has 0 saturated carbocycles. The van der Waals surface area contributed by atoms with E-state index in [2.05, 4.69) is 0 Å². The zero-order chi connectivity index (χ0) is 13.5. The van der Waals surface area contributed by atoms with Crippen LogP contribution in [0.3, 0.4) is 0 Å². The minimum Gasteiger partial charge on any atom is -0.479 e. The smallest absolute Gasteiger partial charge is 0.184 e. The maximum atomic E-state index is 8.75. The molecule has 5 nitrogen and oxygen atoms in total. The highest BCUT2D eigenvalue weighted by Crippen LogP contribution is 2.29. The molecule has 0 bridgehead atoms. The van der Waals surface area contributed by atoms with Gasteiger partial charge in [-0.25, -0.2) is 0 Å². The third kappa shape index (κ3) is 4.18. The van der Waals surface area contributed by atoms with Crippen LogP contribution in [0.25, 0.3) is 0 Å². The van der Waals surface area contributed by atoms with E-state index in [4.69, 9.17) is 25.1 Å². The predicted molar refractivity (Wildman–Crippen MR) is 70.6 cm³/mol. The van der Waals surface area contributed by atoms with Crippen molar-refractivity contribution in [2.45, 2.75) is 31.7 Å². The predicted octanol–water partition coefficient (Wildman–Crippen LogP) is 1.56. The van der Waals surface area contributed by atoms with Gasteiger partial charge in [0.15, 0.2) is 6.29 Å². The van der Waals surface area contributed by atoms with E-state index >= 15 is 0 Å². The molecule has 2 rings (SSSR count). The Morgan fingerprint density at radius 2 is 2.05 bits per heavy atom. The first-order valence-electron chi connectivity index (χ1n) is 6.64. The third-order valence-corrected chi connectivity index (χ3v) is 3.09. The Morgan fingerprint density at radius 1 is 1.26 bits per heavy atom. The molecule has 1 heterocycles. The third-order valence-electron chi connectivity index (χ3n) is 3.09. The second kappa shape index (κ2) is 7.45. The lowest BCUT2D eigenvalue weighted by Gasteiger charge is -2.12. The van der Waals surface area contributed by atoms with Gasteiger partial charge in [-0.3, -0.25) is 5.73 Å². The molecule has 1 aromatic carbocycles. The Labute approximate surface area is 113 Å². The van der Waals surface area contributed by atoms with Crippen molar-refractivity contribution >= 4 is 0 Å². The molecular formula is C14H21NO4. The van der Waals surface area contributed by atoms with Gasteiger partial charge in [0.25, 0.3) is 0 Å². The molecule has 1 fully saturated rings. The second-order valence-corrected chi connectivity index (χ2v) is 4.52. The number of nitrogens with two attached hydrogens (primary N) is 1. The SMILES string of the molecule is NCOc1ccc(C2OCC(CCCCO)O2)cc1. The molecule has 0 radical (unpaired) electrons. The summed E-state index contributed by atoms with van der Waals surface area (Å²) in [5.41, 5.74) is 6.29. The van der Waals surface area contributed by atoms with Gasteiger partial charge in [0.2, 0.25) is 0 Å². The average Bonchev–Trinajstić information content (AvgIpc) is 2.89. The summed E-state index contributed by atoms with van der Waals surface area (Å²) in [6.07, 6.45) is 2.52. The normalized spacial score (nSPS) is 22.6. The molecule has 0 aromatic heterocycles. The molecule has 106 valence electrons. The fraction of sp³-hybridized carbons (Fsp3) is 0.571. The van der Waals surface area contributed by atoms with Crippen LogP contribution in [0.1, 0.15) is 31.1 Å². The quantitative estimate of drug-likeness (QED) is 0.579. The molecule has 0 amide bonds. The number of hydrogen-bond acceptors (Lipinski definition) is 5. The van der Waals surface area contributed by atoms with Gasteiger partial charge >= 0.3 is 0 Å². The second-order valence-electron chi connectivity index (χ2n) is 4.52. The summed E-state index contributed by atoms with van der Waals surface area (Å²) in [4.78, 5) is 0. The Morgan fingerprint density at radius 3 is 2.74 bits per heavy atom. The average molecular weight is 267 g/mol. The van der Waals surface area contributed by atoms with E-state index in [9.17, 15) is 0 Å². The molecule has 2 unspecified atom stereocenters. The lowest BCUT2D eigenvalue weighted by Crippen LogP contribution is -2.09. The maximum absolute atomic E-state index is 8.75. The molecule has 1 aliphatic rings. The summed E-state index contributed by atoms with van der Waals surface area (Å²) in [6.45, 7) is 1.01. The number of hydrogen-bond donors (Lipinski definition) is 2. The Hall–Kier alpha value is -1.14. The van der Waals surface area contributed by atoms with E-state index in [1.54, 1.807) is 0 Å². The monoisotopic (exact) mass is 267 g/mol. The molecule has 1 aliphatic heterocycles. The Bertz CT molecular complexity index is 368. The first-order chi connectivity index (χ1) is 9.33. The van der Waals surface area contributed by atoms with Crippen molar-refractivity contribution in [1.82, 2.24) is 0 Å². The number of unbranched alkanes of at least 4 members (excludes halogenated alkanes) is 1. The number of ether oxygens (including phenoxy) is 3. The van der Waals surface area contributed by atoms with E-state index in [-0.39, 0.29) is 25.7 Å². The molecule has 3 N–H and O–H groups in total. The Kier molecular flexibility index (Phi) is 5.60. The summed E-state index contributed by atoms with van der Waals surface area (Å²) >= 11 is 0. The van der Waals surface area contributed by atoms with E-state index in [0.29, 0.717) is 6.61 Å². The van der Waals surface area contributed by atoms with Crippen molar-refractivity contribution in [1.29, 1.82) is 0 Å². The van der Waals surface area contributed by atoms with Crippen LogP contribution in [0.2, 0.25) is 0 Å². The first kappa shape index (κ1) is 14.3. The standard InChI is InChI=1S/C14H21NO4/c15-10-18-12-6-4-11(5-7-12)14-17-9-13(19-14)3-1-2-8-16/h4-7,13-14,16H,1-3,8-10,15H2. The molecule has 0 aliphatic carbocycles. The lowest BCUT2D eigenvalue weighted by atomic mass is 10.2. The van der Waals surface area contributed by atoms with E-state index in [1.807, 2.05) is 24.3 Å². The van der Waals surface area contributed by atoms with Gasteiger partial charge in [0.1, 0.15) is 12.5 Å². The first-order valence-corrected chi connectivity index (χ1v) is 6.64. The summed E-state index contributed by atoms with van der Waals surface area (Å²) in [6, 6.07) is 7.56. The zero-order valence-corrected chi connectivity index (χ0v) is 11.0. The lowest BCUT2D eigenvalue weighted by molar-refractivity contribution is -0.0614. The summed E-state index contributed by atoms with van der Waals surface area (Å²) in [5, 5.41) is 8.75. The Balaban J connectivity index is 1.82. The molecule has 0 spiro atoms. The van der Waals surface area contributed by atoms with E-state index in [0.717, 1.165) is 30.6 Å². The van der Waals surface area contributed by atoms with Crippen LogP contribution in [-0.2, 0) is 9.47 Å². The summed E-state index contributed by atoms with van der Waals surface area (Å²) in [7, 11) is 0. The van der Waals surface area contributed by atoms with Gasteiger partial charge in [0, 0.05) is 12.2 Å². The van der Waals surface area contributed by atoms with Gasteiger partial charge in [-0.05, 0) is 31.4 Å². The fourth-order valence-corrected chi connectivity index (χ4v) is 2.08. The van der Waals surface area contributed by atoms with Crippen molar-refractivity contribution in [2.24, 2.45) is 5.73 Å². The maximum Gasteiger partial charge on any atom is 0.184 e. The van der Waals surface area contributed by atoms with Crippen LogP contribution in [-0.4, -0.2) is 31.2 Å². The number of rotatable bonds is 7. The number of aliphatic hydroxyl groups excluding tert-OH is 1. The number of aliphatic hydroxyl groups is 1. The van der Waals surface area contributed by atoms with Crippen LogP contribution < -0.4 is 10.5 Å². The van der Waals surface area contributed by atoms with Crippen molar-refractivity contribution in [3.63, 3.8) is 0 Å². The van der Waals surface area contributed by atoms with Crippen LogP contribution in [0, 0.1) is 0 Å². The van der Waals surface area contributed by atoms with Gasteiger partial charge in [0.05, 0.1) is 12.7 Å². The van der Waals surface area contributed by atoms with Gasteiger partial charge < -0.3 is 19.3 Å². The van der Waals surface area contributed by atoms with Crippen molar-refractivity contribution in [3.05, 3.63) is 29.8 Å². The molecule has 1 aromatic rings. The van der Waals surface area contributed by atoms with Crippen LogP contribution in [0.5, 0.6) is 5.75 Å². The van der Waals surface area contributed by atoms with Gasteiger partial charge in [-0.15, -0.1) is 0 Å². The van der Waals surface area contributed by atoms with Crippen molar-refractivity contribution in [3.8, 4) is 5.75 Å². The molecule has 2 atom stereocenters. The largest absolute Gasteiger partial charge is 0.479 e. The van der Waals surface area contributed by atoms with Crippen LogP contribution in [0.15, 0.2) is 24.3 Å². The molecular weight excluding hydrogens is 246 g/mol. The number of benzene rings is 1. The van der Waals surface area contributed by atoms with Crippen molar-refractivity contribution < 1.29 is 19.3 Å². The van der Waals surface area contributed by atoms with E-state index < -0.39 is 0 Å². The summed E-state index contributed by atoms with van der Waals surface area (Å²) in [5.74, 6) is 0.740.